The summed E-state index contributed by atoms with van der Waals surface area (Å²) < 4.78 is 6.87. The number of carbonyl (C=O) groups excluding carboxylic acids is 3. The molecule has 142 valence electrons. The van der Waals surface area contributed by atoms with Crippen LogP contribution in [0.4, 0.5) is 4.79 Å². The summed E-state index contributed by atoms with van der Waals surface area (Å²) in [4.78, 5) is 36.1. The van der Waals surface area contributed by atoms with E-state index in [-0.39, 0.29) is 49.0 Å². The van der Waals surface area contributed by atoms with Crippen LogP contribution in [0, 0.1) is 0 Å². The number of rotatable bonds is 8. The summed E-state index contributed by atoms with van der Waals surface area (Å²) in [7, 11) is 0. The Morgan fingerprint density at radius 1 is 1.30 bits per heavy atom. The molecule has 1 aliphatic heterocycles. The molecule has 27 heavy (non-hydrogen) atoms. The molecule has 3 amide bonds. The zero-order valence-corrected chi connectivity index (χ0v) is 15.6. The van der Waals surface area contributed by atoms with Gasteiger partial charge in [-0.15, -0.1) is 5.10 Å². The van der Waals surface area contributed by atoms with Gasteiger partial charge in [0.05, 0.1) is 5.75 Å². The van der Waals surface area contributed by atoms with Gasteiger partial charge in [0.1, 0.15) is 18.9 Å². The summed E-state index contributed by atoms with van der Waals surface area (Å²) in [6, 6.07) is 6.81. The lowest BCUT2D eigenvalue weighted by atomic mass is 10.3. The van der Waals surface area contributed by atoms with Crippen LogP contribution in [0.3, 0.4) is 0 Å². The summed E-state index contributed by atoms with van der Waals surface area (Å²) in [6.07, 6.45) is 0. The van der Waals surface area contributed by atoms with Gasteiger partial charge in [-0.25, -0.2) is 4.68 Å². The number of hydrogen-bond donors (Lipinski definition) is 1. The third-order valence-electron chi connectivity index (χ3n) is 3.58. The summed E-state index contributed by atoms with van der Waals surface area (Å²) in [5.41, 5.74) is 0. The average molecular weight is 411 g/mol. The van der Waals surface area contributed by atoms with Crippen molar-refractivity contribution in [3.05, 3.63) is 35.1 Å². The number of tetrazole rings is 1. The number of halogens is 1. The van der Waals surface area contributed by atoms with Crippen molar-refractivity contribution in [3.63, 3.8) is 0 Å². The molecule has 1 fully saturated rings. The molecule has 0 radical (unpaired) electrons. The highest BCUT2D eigenvalue weighted by Gasteiger charge is 2.29. The van der Waals surface area contributed by atoms with Gasteiger partial charge < -0.3 is 10.1 Å². The molecule has 0 spiro atoms. The Morgan fingerprint density at radius 3 is 2.78 bits per heavy atom. The lowest BCUT2D eigenvalue weighted by Gasteiger charge is -2.13. The maximum atomic E-state index is 12.0. The SMILES string of the molecule is O=C(Cn1nnnc1COc1ccc(Cl)cc1)NCCN1C(=O)CSC1=O. The molecule has 3 rings (SSSR count). The van der Waals surface area contributed by atoms with Gasteiger partial charge in [-0.3, -0.25) is 19.3 Å². The largest absolute Gasteiger partial charge is 0.486 e. The van der Waals surface area contributed by atoms with Crippen molar-refractivity contribution in [2.75, 3.05) is 18.8 Å². The van der Waals surface area contributed by atoms with Crippen molar-refractivity contribution in [1.29, 1.82) is 0 Å². The number of hydrogen-bond acceptors (Lipinski definition) is 8. The second kappa shape index (κ2) is 8.82. The van der Waals surface area contributed by atoms with Gasteiger partial charge in [0.2, 0.25) is 11.8 Å². The van der Waals surface area contributed by atoms with Gasteiger partial charge in [-0.1, -0.05) is 23.4 Å². The average Bonchev–Trinajstić information content (AvgIpc) is 3.22. The van der Waals surface area contributed by atoms with E-state index in [0.717, 1.165) is 16.7 Å². The number of benzene rings is 1. The number of ether oxygens (including phenoxy) is 1. The first-order chi connectivity index (χ1) is 13.0. The Kier molecular flexibility index (Phi) is 6.24. The zero-order valence-electron chi connectivity index (χ0n) is 14.0. The molecular weight excluding hydrogens is 396 g/mol. The van der Waals surface area contributed by atoms with E-state index in [2.05, 4.69) is 20.8 Å². The number of amides is 3. The fraction of sp³-hybridized carbons (Fsp3) is 0.333. The van der Waals surface area contributed by atoms with E-state index in [0.29, 0.717) is 16.6 Å². The monoisotopic (exact) mass is 410 g/mol. The van der Waals surface area contributed by atoms with Gasteiger partial charge in [-0.05, 0) is 34.7 Å². The minimum Gasteiger partial charge on any atom is -0.486 e. The fourth-order valence-corrected chi connectivity index (χ4v) is 3.10. The minimum atomic E-state index is -0.346. The highest BCUT2D eigenvalue weighted by atomic mass is 35.5. The van der Waals surface area contributed by atoms with Crippen LogP contribution in [-0.4, -0.2) is 61.0 Å². The maximum absolute atomic E-state index is 12.0. The van der Waals surface area contributed by atoms with E-state index >= 15 is 0 Å². The van der Waals surface area contributed by atoms with Crippen LogP contribution in [-0.2, 0) is 22.7 Å². The van der Waals surface area contributed by atoms with Crippen molar-refractivity contribution in [2.45, 2.75) is 13.2 Å². The van der Waals surface area contributed by atoms with Gasteiger partial charge in [0.15, 0.2) is 5.82 Å². The Labute approximate surface area is 163 Å². The van der Waals surface area contributed by atoms with E-state index in [1.54, 1.807) is 24.3 Å². The molecule has 10 nitrogen and oxygen atoms in total. The Morgan fingerprint density at radius 2 is 2.07 bits per heavy atom. The van der Waals surface area contributed by atoms with E-state index in [1.165, 1.54) is 4.68 Å². The second-order valence-electron chi connectivity index (χ2n) is 5.45. The highest BCUT2D eigenvalue weighted by molar-refractivity contribution is 8.14. The van der Waals surface area contributed by atoms with Gasteiger partial charge in [0.25, 0.3) is 5.24 Å². The van der Waals surface area contributed by atoms with Gasteiger partial charge in [0, 0.05) is 18.1 Å². The van der Waals surface area contributed by atoms with Crippen molar-refractivity contribution >= 4 is 40.4 Å². The van der Waals surface area contributed by atoms with Crippen molar-refractivity contribution in [2.24, 2.45) is 0 Å². The predicted molar refractivity (Wildman–Crippen MR) is 96.2 cm³/mol. The zero-order chi connectivity index (χ0) is 19.2. The number of thioether (sulfide) groups is 1. The number of nitrogens with one attached hydrogen (secondary N) is 1. The topological polar surface area (TPSA) is 119 Å². The summed E-state index contributed by atoms with van der Waals surface area (Å²) in [5, 5.41) is 14.1. The van der Waals surface area contributed by atoms with Crippen LogP contribution in [0.1, 0.15) is 5.82 Å². The molecule has 1 N–H and O–H groups in total. The number of nitrogens with zero attached hydrogens (tertiary/aromatic N) is 5. The molecular formula is C15H15ClN6O4S. The molecule has 0 aliphatic carbocycles. The lowest BCUT2D eigenvalue weighted by molar-refractivity contribution is -0.125. The molecule has 0 unspecified atom stereocenters. The van der Waals surface area contributed by atoms with Crippen LogP contribution in [0.15, 0.2) is 24.3 Å². The van der Waals surface area contributed by atoms with Crippen LogP contribution >= 0.6 is 23.4 Å². The van der Waals surface area contributed by atoms with Crippen LogP contribution in [0.2, 0.25) is 5.02 Å². The molecule has 1 aliphatic rings. The fourth-order valence-electron chi connectivity index (χ4n) is 2.22. The van der Waals surface area contributed by atoms with Crippen LogP contribution in [0.25, 0.3) is 0 Å². The molecule has 1 saturated heterocycles. The van der Waals surface area contributed by atoms with E-state index in [1.807, 2.05) is 0 Å². The Bertz CT molecular complexity index is 827. The normalized spacial score (nSPS) is 13.9. The third kappa shape index (κ3) is 5.17. The molecule has 1 aromatic carbocycles. The number of carbonyl (C=O) groups is 3. The van der Waals surface area contributed by atoms with E-state index < -0.39 is 0 Å². The predicted octanol–water partition coefficient (Wildman–Crippen LogP) is 0.717. The third-order valence-corrected chi connectivity index (χ3v) is 4.69. The van der Waals surface area contributed by atoms with Gasteiger partial charge in [-0.2, -0.15) is 0 Å². The molecule has 2 heterocycles. The highest BCUT2D eigenvalue weighted by Crippen LogP contribution is 2.18. The maximum Gasteiger partial charge on any atom is 0.288 e. The van der Waals surface area contributed by atoms with Crippen LogP contribution < -0.4 is 10.1 Å². The molecule has 0 saturated carbocycles. The van der Waals surface area contributed by atoms with Crippen LogP contribution in [0.5, 0.6) is 5.75 Å². The molecule has 0 atom stereocenters. The number of imide groups is 1. The first-order valence-electron chi connectivity index (χ1n) is 7.90. The quantitative estimate of drug-likeness (QED) is 0.676. The summed E-state index contributed by atoms with van der Waals surface area (Å²) in [6.45, 7) is 0.271. The number of aromatic nitrogens is 4. The van der Waals surface area contributed by atoms with Crippen molar-refractivity contribution < 1.29 is 19.1 Å². The first-order valence-corrected chi connectivity index (χ1v) is 9.26. The Balaban J connectivity index is 1.45. The second-order valence-corrected chi connectivity index (χ2v) is 6.81. The van der Waals surface area contributed by atoms with Crippen molar-refractivity contribution in [3.8, 4) is 5.75 Å². The first kappa shape index (κ1) is 19.1. The van der Waals surface area contributed by atoms with Crippen molar-refractivity contribution in [1.82, 2.24) is 30.4 Å². The van der Waals surface area contributed by atoms with E-state index in [4.69, 9.17) is 16.3 Å². The smallest absolute Gasteiger partial charge is 0.288 e. The lowest BCUT2D eigenvalue weighted by Crippen LogP contribution is -2.38. The summed E-state index contributed by atoms with van der Waals surface area (Å²) >= 11 is 6.77. The molecule has 1 aromatic heterocycles. The molecule has 12 heteroatoms. The molecule has 2 aromatic rings. The van der Waals surface area contributed by atoms with Gasteiger partial charge >= 0.3 is 0 Å². The standard InChI is InChI=1S/C15H15ClN6O4S/c16-10-1-3-11(4-2-10)26-8-12-18-19-20-22(12)7-13(23)17-5-6-21-14(24)9-27-15(21)25/h1-4H,5-9H2,(H,17,23). The molecule has 0 bridgehead atoms. The Hall–Kier alpha value is -2.66. The minimum absolute atomic E-state index is 0.0793. The summed E-state index contributed by atoms with van der Waals surface area (Å²) in [5.74, 6) is 0.523. The van der Waals surface area contributed by atoms with E-state index in [9.17, 15) is 14.4 Å².